The number of carbonyl (C=O) groups is 1. The van der Waals surface area contributed by atoms with E-state index in [4.69, 9.17) is 0 Å². The van der Waals surface area contributed by atoms with Crippen LogP contribution in [-0.4, -0.2) is 23.5 Å². The summed E-state index contributed by atoms with van der Waals surface area (Å²) >= 11 is 0. The molecular weight excluding hydrogens is 238 g/mol. The summed E-state index contributed by atoms with van der Waals surface area (Å²) in [6, 6.07) is 4.22. The molecule has 1 aromatic rings. The van der Waals surface area contributed by atoms with Crippen LogP contribution in [0.15, 0.2) is 23.9 Å². The number of nitrogens with zero attached hydrogens (tertiary/aromatic N) is 1. The van der Waals surface area contributed by atoms with Gasteiger partial charge in [-0.1, -0.05) is 19.3 Å². The van der Waals surface area contributed by atoms with Gasteiger partial charge in [0.25, 0.3) is 0 Å². The van der Waals surface area contributed by atoms with Gasteiger partial charge in [0.2, 0.25) is 5.91 Å². The fourth-order valence-corrected chi connectivity index (χ4v) is 2.77. The number of hydrogen-bond acceptors (Lipinski definition) is 3. The molecule has 2 aliphatic rings. The van der Waals surface area contributed by atoms with Crippen LogP contribution in [0.4, 0.5) is 5.82 Å². The molecule has 1 fully saturated rings. The molecule has 1 aliphatic heterocycles. The lowest BCUT2D eigenvalue weighted by Gasteiger charge is -2.24. The molecule has 0 aromatic carbocycles. The van der Waals surface area contributed by atoms with E-state index in [9.17, 15) is 4.79 Å². The molecule has 1 amide bonds. The van der Waals surface area contributed by atoms with Gasteiger partial charge in [-0.25, -0.2) is 4.98 Å². The summed E-state index contributed by atoms with van der Waals surface area (Å²) in [5, 5.41) is 6.34. The fraction of sp³-hybridized carbons (Fsp3) is 0.467. The topological polar surface area (TPSA) is 54.0 Å². The molecule has 1 aromatic heterocycles. The minimum absolute atomic E-state index is 0.0638. The SMILES string of the molecule is O=C(NC1CCCCC1)C1=Cc2cccnc2NC1. The maximum atomic E-state index is 12.2. The number of rotatable bonds is 2. The second-order valence-corrected chi connectivity index (χ2v) is 5.27. The Morgan fingerprint density at radius 2 is 2.16 bits per heavy atom. The molecule has 0 unspecified atom stereocenters. The second kappa shape index (κ2) is 5.43. The second-order valence-electron chi connectivity index (χ2n) is 5.27. The fourth-order valence-electron chi connectivity index (χ4n) is 2.77. The Hall–Kier alpha value is -1.84. The van der Waals surface area contributed by atoms with E-state index in [0.717, 1.165) is 29.8 Å². The molecular formula is C15H19N3O. The van der Waals surface area contributed by atoms with Crippen LogP contribution in [0.25, 0.3) is 6.08 Å². The lowest BCUT2D eigenvalue weighted by atomic mass is 9.95. The van der Waals surface area contributed by atoms with Crippen LogP contribution in [0.2, 0.25) is 0 Å². The number of nitrogens with one attached hydrogen (secondary N) is 2. The van der Waals surface area contributed by atoms with Crippen LogP contribution >= 0.6 is 0 Å². The third-order valence-electron chi connectivity index (χ3n) is 3.85. The van der Waals surface area contributed by atoms with Crippen molar-refractivity contribution in [1.29, 1.82) is 0 Å². The van der Waals surface area contributed by atoms with Crippen molar-refractivity contribution in [3.63, 3.8) is 0 Å². The van der Waals surface area contributed by atoms with Gasteiger partial charge >= 0.3 is 0 Å². The summed E-state index contributed by atoms with van der Waals surface area (Å²) in [6.45, 7) is 0.558. The molecule has 19 heavy (non-hydrogen) atoms. The van der Waals surface area contributed by atoms with Gasteiger partial charge in [-0.05, 0) is 31.1 Å². The zero-order chi connectivity index (χ0) is 13.1. The Labute approximate surface area is 113 Å². The Kier molecular flexibility index (Phi) is 3.49. The number of carbonyl (C=O) groups excluding carboxylic acids is 1. The predicted molar refractivity (Wildman–Crippen MR) is 75.7 cm³/mol. The predicted octanol–water partition coefficient (Wildman–Crippen LogP) is 2.34. The summed E-state index contributed by atoms with van der Waals surface area (Å²) in [4.78, 5) is 16.5. The van der Waals surface area contributed by atoms with Gasteiger partial charge in [-0.15, -0.1) is 0 Å². The summed E-state index contributed by atoms with van der Waals surface area (Å²) in [7, 11) is 0. The highest BCUT2D eigenvalue weighted by Crippen LogP contribution is 2.22. The van der Waals surface area contributed by atoms with E-state index >= 15 is 0 Å². The van der Waals surface area contributed by atoms with Gasteiger partial charge < -0.3 is 10.6 Å². The quantitative estimate of drug-likeness (QED) is 0.855. The van der Waals surface area contributed by atoms with E-state index in [1.807, 2.05) is 18.2 Å². The number of amides is 1. The summed E-state index contributed by atoms with van der Waals surface area (Å²) < 4.78 is 0. The Balaban J connectivity index is 1.69. The Morgan fingerprint density at radius 1 is 1.32 bits per heavy atom. The van der Waals surface area contributed by atoms with Crippen molar-refractivity contribution in [3.8, 4) is 0 Å². The largest absolute Gasteiger partial charge is 0.365 e. The van der Waals surface area contributed by atoms with Crippen LogP contribution in [0.1, 0.15) is 37.7 Å². The lowest BCUT2D eigenvalue weighted by Crippen LogP contribution is -2.38. The highest BCUT2D eigenvalue weighted by Gasteiger charge is 2.20. The van der Waals surface area contributed by atoms with Gasteiger partial charge in [-0.3, -0.25) is 4.79 Å². The molecule has 0 bridgehead atoms. The molecule has 2 heterocycles. The zero-order valence-corrected chi connectivity index (χ0v) is 11.0. The van der Waals surface area contributed by atoms with Gasteiger partial charge in [0.15, 0.2) is 0 Å². The van der Waals surface area contributed by atoms with E-state index in [-0.39, 0.29) is 5.91 Å². The molecule has 100 valence electrons. The number of pyridine rings is 1. The zero-order valence-electron chi connectivity index (χ0n) is 11.0. The molecule has 4 nitrogen and oxygen atoms in total. The van der Waals surface area contributed by atoms with Crippen LogP contribution in [-0.2, 0) is 4.79 Å². The molecule has 0 saturated heterocycles. The molecule has 0 atom stereocenters. The first-order chi connectivity index (χ1) is 9.33. The van der Waals surface area contributed by atoms with Crippen LogP contribution in [0, 0.1) is 0 Å². The van der Waals surface area contributed by atoms with E-state index in [2.05, 4.69) is 15.6 Å². The minimum atomic E-state index is 0.0638. The van der Waals surface area contributed by atoms with Crippen molar-refractivity contribution in [2.45, 2.75) is 38.1 Å². The first-order valence-corrected chi connectivity index (χ1v) is 7.03. The molecule has 0 radical (unpaired) electrons. The van der Waals surface area contributed by atoms with Gasteiger partial charge in [0.1, 0.15) is 5.82 Å². The first-order valence-electron chi connectivity index (χ1n) is 7.03. The van der Waals surface area contributed by atoms with Crippen molar-refractivity contribution >= 4 is 17.8 Å². The van der Waals surface area contributed by atoms with Crippen LogP contribution in [0.3, 0.4) is 0 Å². The summed E-state index contributed by atoms with van der Waals surface area (Å²) in [5.41, 5.74) is 1.79. The van der Waals surface area contributed by atoms with E-state index < -0.39 is 0 Å². The highest BCUT2D eigenvalue weighted by molar-refractivity contribution is 6.00. The van der Waals surface area contributed by atoms with Crippen molar-refractivity contribution < 1.29 is 4.79 Å². The minimum Gasteiger partial charge on any atom is -0.365 e. The third kappa shape index (κ3) is 2.78. The smallest absolute Gasteiger partial charge is 0.249 e. The monoisotopic (exact) mass is 257 g/mol. The van der Waals surface area contributed by atoms with Gasteiger partial charge in [0, 0.05) is 29.9 Å². The highest BCUT2D eigenvalue weighted by atomic mass is 16.1. The van der Waals surface area contributed by atoms with Crippen LogP contribution < -0.4 is 10.6 Å². The summed E-state index contributed by atoms with van der Waals surface area (Å²) in [6.07, 6.45) is 9.69. The maximum absolute atomic E-state index is 12.2. The normalized spacial score (nSPS) is 19.1. The number of fused-ring (bicyclic) bond motifs is 1. The molecule has 0 spiro atoms. The number of aromatic nitrogens is 1. The van der Waals surface area contributed by atoms with E-state index in [1.54, 1.807) is 6.20 Å². The van der Waals surface area contributed by atoms with Crippen molar-refractivity contribution in [2.75, 3.05) is 11.9 Å². The molecule has 2 N–H and O–H groups in total. The average Bonchev–Trinajstić information content (AvgIpc) is 2.48. The standard InChI is InChI=1S/C15H19N3O/c19-15(18-13-6-2-1-3-7-13)12-9-11-5-4-8-16-14(11)17-10-12/h4-5,8-9,13H,1-3,6-7,10H2,(H,16,17)(H,18,19). The first kappa shape index (κ1) is 12.2. The Morgan fingerprint density at radius 3 is 3.00 bits per heavy atom. The van der Waals surface area contributed by atoms with E-state index in [0.29, 0.717) is 12.6 Å². The number of anilines is 1. The molecule has 1 saturated carbocycles. The van der Waals surface area contributed by atoms with Crippen molar-refractivity contribution in [3.05, 3.63) is 29.5 Å². The maximum Gasteiger partial charge on any atom is 0.249 e. The Bertz CT molecular complexity index is 504. The molecule has 1 aliphatic carbocycles. The summed E-state index contributed by atoms with van der Waals surface area (Å²) in [5.74, 6) is 0.922. The average molecular weight is 257 g/mol. The van der Waals surface area contributed by atoms with Gasteiger partial charge in [-0.2, -0.15) is 0 Å². The molecule has 4 heteroatoms. The molecule has 3 rings (SSSR count). The number of hydrogen-bond donors (Lipinski definition) is 2. The van der Waals surface area contributed by atoms with Gasteiger partial charge in [0.05, 0.1) is 0 Å². The van der Waals surface area contributed by atoms with Crippen LogP contribution in [0.5, 0.6) is 0 Å². The van der Waals surface area contributed by atoms with Crippen molar-refractivity contribution in [1.82, 2.24) is 10.3 Å². The van der Waals surface area contributed by atoms with E-state index in [1.165, 1.54) is 19.3 Å². The lowest BCUT2D eigenvalue weighted by molar-refractivity contribution is -0.118. The third-order valence-corrected chi connectivity index (χ3v) is 3.85. The van der Waals surface area contributed by atoms with Crippen molar-refractivity contribution in [2.24, 2.45) is 0 Å².